The summed E-state index contributed by atoms with van der Waals surface area (Å²) in [6.07, 6.45) is 4.77. The van der Waals surface area contributed by atoms with Gasteiger partial charge in [0, 0.05) is 12.1 Å². The highest BCUT2D eigenvalue weighted by atomic mass is 127. The Labute approximate surface area is 129 Å². The van der Waals surface area contributed by atoms with Crippen LogP contribution in [0.15, 0.2) is 24.3 Å². The third kappa shape index (κ3) is 6.80. The lowest BCUT2D eigenvalue weighted by atomic mass is 10.2. The molecule has 0 aromatic heterocycles. The molecule has 1 N–H and O–H groups in total. The van der Waals surface area contributed by atoms with Crippen molar-refractivity contribution in [1.29, 1.82) is 0 Å². The average Bonchev–Trinajstić information content (AvgIpc) is 2.43. The lowest BCUT2D eigenvalue weighted by Crippen LogP contribution is -2.24. The van der Waals surface area contributed by atoms with Crippen molar-refractivity contribution >= 4 is 28.5 Å². The first-order valence-electron chi connectivity index (χ1n) is 6.85. The summed E-state index contributed by atoms with van der Waals surface area (Å²) in [5, 5.41) is 2.95. The molecule has 3 nitrogen and oxygen atoms in total. The second kappa shape index (κ2) is 10.1. The third-order valence-electron chi connectivity index (χ3n) is 2.77. The number of amides is 1. The summed E-state index contributed by atoms with van der Waals surface area (Å²) in [6, 6.07) is 7.27. The summed E-state index contributed by atoms with van der Waals surface area (Å²) in [4.78, 5) is 11.8. The Bertz CT molecular complexity index is 365. The monoisotopic (exact) mass is 375 g/mol. The van der Waals surface area contributed by atoms with Crippen LogP contribution in [0.1, 0.15) is 43.0 Å². The molecule has 0 spiro atoms. The van der Waals surface area contributed by atoms with E-state index in [1.807, 2.05) is 19.1 Å². The number of ether oxygens (including phenoxy) is 1. The lowest BCUT2D eigenvalue weighted by Gasteiger charge is -2.06. The molecule has 1 rings (SSSR count). The highest BCUT2D eigenvalue weighted by molar-refractivity contribution is 14.1. The SMILES string of the molecule is CCOc1ccc(C(=O)NCCCCCCI)cc1. The van der Waals surface area contributed by atoms with E-state index in [0.29, 0.717) is 12.2 Å². The summed E-state index contributed by atoms with van der Waals surface area (Å²) < 4.78 is 6.56. The van der Waals surface area contributed by atoms with Crippen LogP contribution in [0.2, 0.25) is 0 Å². The molecule has 0 fully saturated rings. The highest BCUT2D eigenvalue weighted by Crippen LogP contribution is 2.12. The van der Waals surface area contributed by atoms with E-state index in [1.54, 1.807) is 12.1 Å². The number of unbranched alkanes of at least 4 members (excludes halogenated alkanes) is 3. The molecule has 1 aromatic rings. The van der Waals surface area contributed by atoms with Crippen molar-refractivity contribution in [3.8, 4) is 5.75 Å². The molecule has 0 heterocycles. The molecule has 0 aliphatic carbocycles. The minimum absolute atomic E-state index is 0.00283. The van der Waals surface area contributed by atoms with E-state index >= 15 is 0 Å². The van der Waals surface area contributed by atoms with E-state index in [2.05, 4.69) is 27.9 Å². The van der Waals surface area contributed by atoms with Crippen LogP contribution in [-0.4, -0.2) is 23.5 Å². The van der Waals surface area contributed by atoms with Gasteiger partial charge in [0.1, 0.15) is 5.75 Å². The Balaban J connectivity index is 2.25. The Hall–Kier alpha value is -0.780. The predicted octanol–water partition coefficient (Wildman–Crippen LogP) is 3.81. The molecule has 0 radical (unpaired) electrons. The highest BCUT2D eigenvalue weighted by Gasteiger charge is 2.04. The van der Waals surface area contributed by atoms with Gasteiger partial charge >= 0.3 is 0 Å². The van der Waals surface area contributed by atoms with Gasteiger partial charge in [0.2, 0.25) is 0 Å². The fraction of sp³-hybridized carbons (Fsp3) is 0.533. The third-order valence-corrected chi connectivity index (χ3v) is 3.54. The molecule has 4 heteroatoms. The first kappa shape index (κ1) is 16.3. The van der Waals surface area contributed by atoms with Gasteiger partial charge < -0.3 is 10.1 Å². The molecule has 0 atom stereocenters. The van der Waals surface area contributed by atoms with Crippen LogP contribution in [-0.2, 0) is 0 Å². The molecule has 0 saturated heterocycles. The zero-order chi connectivity index (χ0) is 13.9. The minimum Gasteiger partial charge on any atom is -0.494 e. The van der Waals surface area contributed by atoms with Gasteiger partial charge in [-0.3, -0.25) is 4.79 Å². The number of benzene rings is 1. The first-order chi connectivity index (χ1) is 9.27. The molecule has 0 unspecified atom stereocenters. The normalized spacial score (nSPS) is 10.2. The molecule has 0 saturated carbocycles. The van der Waals surface area contributed by atoms with E-state index in [0.717, 1.165) is 18.7 Å². The number of carbonyl (C=O) groups excluding carboxylic acids is 1. The van der Waals surface area contributed by atoms with E-state index in [1.165, 1.54) is 23.7 Å². The zero-order valence-electron chi connectivity index (χ0n) is 11.5. The Morgan fingerprint density at radius 3 is 2.47 bits per heavy atom. The van der Waals surface area contributed by atoms with Gasteiger partial charge in [-0.1, -0.05) is 35.4 Å². The van der Waals surface area contributed by atoms with Crippen LogP contribution in [0, 0.1) is 0 Å². The number of hydrogen-bond donors (Lipinski definition) is 1. The van der Waals surface area contributed by atoms with Crippen LogP contribution in [0.4, 0.5) is 0 Å². The summed E-state index contributed by atoms with van der Waals surface area (Å²) >= 11 is 2.40. The maximum Gasteiger partial charge on any atom is 0.251 e. The number of rotatable bonds is 9. The van der Waals surface area contributed by atoms with E-state index in [4.69, 9.17) is 4.74 Å². The fourth-order valence-corrected chi connectivity index (χ4v) is 2.29. The second-order valence-corrected chi connectivity index (χ2v) is 5.40. The summed E-state index contributed by atoms with van der Waals surface area (Å²) in [6.45, 7) is 3.34. The van der Waals surface area contributed by atoms with Crippen molar-refractivity contribution < 1.29 is 9.53 Å². The fourth-order valence-electron chi connectivity index (χ4n) is 1.75. The van der Waals surface area contributed by atoms with Gasteiger partial charge in [-0.15, -0.1) is 0 Å². The van der Waals surface area contributed by atoms with E-state index in [-0.39, 0.29) is 5.91 Å². The van der Waals surface area contributed by atoms with Gasteiger partial charge in [-0.05, 0) is 48.5 Å². The number of nitrogens with one attached hydrogen (secondary N) is 1. The van der Waals surface area contributed by atoms with Crippen LogP contribution < -0.4 is 10.1 Å². The zero-order valence-corrected chi connectivity index (χ0v) is 13.6. The molecule has 1 aromatic carbocycles. The number of carbonyl (C=O) groups is 1. The summed E-state index contributed by atoms with van der Waals surface area (Å²) in [7, 11) is 0. The minimum atomic E-state index is -0.00283. The van der Waals surface area contributed by atoms with E-state index < -0.39 is 0 Å². The standard InChI is InChI=1S/C15H22INO2/c1-2-19-14-9-7-13(8-10-14)15(18)17-12-6-4-3-5-11-16/h7-10H,2-6,11-12H2,1H3,(H,17,18). The van der Waals surface area contributed by atoms with Gasteiger partial charge in [0.25, 0.3) is 5.91 Å². The molecule has 0 aliphatic heterocycles. The summed E-state index contributed by atoms with van der Waals surface area (Å²) in [5.41, 5.74) is 0.690. The van der Waals surface area contributed by atoms with Crippen LogP contribution in [0.3, 0.4) is 0 Å². The molecular weight excluding hydrogens is 353 g/mol. The summed E-state index contributed by atoms with van der Waals surface area (Å²) in [5.74, 6) is 0.801. The molecule has 19 heavy (non-hydrogen) atoms. The predicted molar refractivity (Wildman–Crippen MR) is 87.3 cm³/mol. The quantitative estimate of drug-likeness (QED) is 0.405. The molecule has 1 amide bonds. The molecule has 0 bridgehead atoms. The Morgan fingerprint density at radius 2 is 1.84 bits per heavy atom. The number of hydrogen-bond acceptors (Lipinski definition) is 2. The van der Waals surface area contributed by atoms with Gasteiger partial charge in [-0.25, -0.2) is 0 Å². The maximum atomic E-state index is 11.8. The van der Waals surface area contributed by atoms with Crippen molar-refractivity contribution in [2.24, 2.45) is 0 Å². The van der Waals surface area contributed by atoms with Crippen molar-refractivity contribution in [2.75, 3.05) is 17.6 Å². The maximum absolute atomic E-state index is 11.8. The molecule has 0 aliphatic rings. The number of halogens is 1. The number of alkyl halides is 1. The van der Waals surface area contributed by atoms with Crippen LogP contribution in [0.25, 0.3) is 0 Å². The van der Waals surface area contributed by atoms with Gasteiger partial charge in [0.15, 0.2) is 0 Å². The van der Waals surface area contributed by atoms with Crippen molar-refractivity contribution in [3.63, 3.8) is 0 Å². The second-order valence-electron chi connectivity index (χ2n) is 4.32. The van der Waals surface area contributed by atoms with E-state index in [9.17, 15) is 4.79 Å². The topological polar surface area (TPSA) is 38.3 Å². The van der Waals surface area contributed by atoms with Crippen molar-refractivity contribution in [1.82, 2.24) is 5.32 Å². The average molecular weight is 375 g/mol. The van der Waals surface area contributed by atoms with Crippen LogP contribution >= 0.6 is 22.6 Å². The van der Waals surface area contributed by atoms with Gasteiger partial charge in [0.05, 0.1) is 6.61 Å². The lowest BCUT2D eigenvalue weighted by molar-refractivity contribution is 0.0953. The van der Waals surface area contributed by atoms with Gasteiger partial charge in [-0.2, -0.15) is 0 Å². The van der Waals surface area contributed by atoms with Crippen molar-refractivity contribution in [2.45, 2.75) is 32.6 Å². The van der Waals surface area contributed by atoms with Crippen LogP contribution in [0.5, 0.6) is 5.75 Å². The molecular formula is C15H22INO2. The molecule has 106 valence electrons. The smallest absolute Gasteiger partial charge is 0.251 e. The largest absolute Gasteiger partial charge is 0.494 e. The Morgan fingerprint density at radius 1 is 1.16 bits per heavy atom. The van der Waals surface area contributed by atoms with Crippen molar-refractivity contribution in [3.05, 3.63) is 29.8 Å². The first-order valence-corrected chi connectivity index (χ1v) is 8.37. The Kier molecular flexibility index (Phi) is 8.62.